The number of thioether (sulfide) groups is 1. The van der Waals surface area contributed by atoms with E-state index in [2.05, 4.69) is 15.3 Å². The zero-order chi connectivity index (χ0) is 16.9. The van der Waals surface area contributed by atoms with Crippen LogP contribution in [0.3, 0.4) is 0 Å². The lowest BCUT2D eigenvalue weighted by Crippen LogP contribution is -1.93. The lowest BCUT2D eigenvalue weighted by atomic mass is 10.4. The highest BCUT2D eigenvalue weighted by atomic mass is 32.2. The highest BCUT2D eigenvalue weighted by Gasteiger charge is 2.13. The van der Waals surface area contributed by atoms with Crippen molar-refractivity contribution in [1.29, 1.82) is 0 Å². The number of aromatic nitrogens is 3. The first-order valence-electron chi connectivity index (χ1n) is 6.67. The molecule has 24 heavy (non-hydrogen) atoms. The lowest BCUT2D eigenvalue weighted by Gasteiger charge is -1.99. The number of nitrogens with zero attached hydrogens (tertiary/aromatic N) is 5. The van der Waals surface area contributed by atoms with Gasteiger partial charge in [-0.1, -0.05) is 17.8 Å². The number of hydrogen-bond donors (Lipinski definition) is 0. The van der Waals surface area contributed by atoms with Crippen LogP contribution in [0.4, 0.5) is 5.88 Å². The molecule has 0 atom stereocenters. The summed E-state index contributed by atoms with van der Waals surface area (Å²) in [7, 11) is 0. The average molecular weight is 361 g/mol. The molecule has 10 heteroatoms. The summed E-state index contributed by atoms with van der Waals surface area (Å²) in [5.74, 6) is 0.739. The van der Waals surface area contributed by atoms with Crippen molar-refractivity contribution in [2.24, 2.45) is 5.10 Å². The first-order chi connectivity index (χ1) is 11.7. The monoisotopic (exact) mass is 361 g/mol. The molecule has 0 unspecified atom stereocenters. The fourth-order valence-electron chi connectivity index (χ4n) is 1.83. The Balaban J connectivity index is 1.80. The molecule has 0 aliphatic carbocycles. The van der Waals surface area contributed by atoms with Gasteiger partial charge in [0, 0.05) is 6.21 Å². The summed E-state index contributed by atoms with van der Waals surface area (Å²) in [5, 5.41) is 25.8. The van der Waals surface area contributed by atoms with Crippen molar-refractivity contribution >= 4 is 41.3 Å². The lowest BCUT2D eigenvalue weighted by molar-refractivity contribution is -0.402. The second-order valence-electron chi connectivity index (χ2n) is 4.36. The van der Waals surface area contributed by atoms with Gasteiger partial charge in [0.15, 0.2) is 5.82 Å². The maximum atomic E-state index is 10.6. The van der Waals surface area contributed by atoms with Crippen LogP contribution in [0.15, 0.2) is 50.4 Å². The van der Waals surface area contributed by atoms with Crippen molar-refractivity contribution in [2.75, 3.05) is 6.26 Å². The zero-order valence-corrected chi connectivity index (χ0v) is 14.0. The molecule has 0 amide bonds. The number of thiophene rings is 1. The van der Waals surface area contributed by atoms with Crippen LogP contribution < -0.4 is 0 Å². The quantitative estimate of drug-likeness (QED) is 0.287. The number of furan rings is 1. The molecule has 3 aromatic heterocycles. The van der Waals surface area contributed by atoms with Gasteiger partial charge in [-0.25, -0.2) is 0 Å². The first kappa shape index (κ1) is 16.1. The smallest absolute Gasteiger partial charge is 0.401 e. The minimum absolute atomic E-state index is 0.296. The highest BCUT2D eigenvalue weighted by molar-refractivity contribution is 7.98. The van der Waals surface area contributed by atoms with E-state index in [9.17, 15) is 10.1 Å². The molecule has 3 heterocycles. The summed E-state index contributed by atoms with van der Waals surface area (Å²) in [6.07, 6.45) is 6.66. The van der Waals surface area contributed by atoms with Gasteiger partial charge in [0.25, 0.3) is 0 Å². The van der Waals surface area contributed by atoms with Crippen LogP contribution in [-0.2, 0) is 0 Å². The van der Waals surface area contributed by atoms with Crippen LogP contribution in [0.25, 0.3) is 16.8 Å². The molecule has 122 valence electrons. The topological polar surface area (TPSA) is 99.3 Å². The van der Waals surface area contributed by atoms with Crippen molar-refractivity contribution in [1.82, 2.24) is 14.9 Å². The first-order valence-corrected chi connectivity index (χ1v) is 8.78. The maximum Gasteiger partial charge on any atom is 0.433 e. The van der Waals surface area contributed by atoms with E-state index in [1.54, 1.807) is 34.4 Å². The van der Waals surface area contributed by atoms with E-state index >= 15 is 0 Å². The van der Waals surface area contributed by atoms with Gasteiger partial charge in [-0.15, -0.1) is 21.5 Å². The summed E-state index contributed by atoms with van der Waals surface area (Å²) < 4.78 is 6.67. The highest BCUT2D eigenvalue weighted by Crippen LogP contribution is 2.26. The number of rotatable bonds is 6. The van der Waals surface area contributed by atoms with Gasteiger partial charge in [-0.05, 0) is 35.9 Å². The second-order valence-corrected chi connectivity index (χ2v) is 6.08. The van der Waals surface area contributed by atoms with Crippen molar-refractivity contribution in [3.63, 3.8) is 0 Å². The van der Waals surface area contributed by atoms with Crippen LogP contribution >= 0.6 is 23.1 Å². The van der Waals surface area contributed by atoms with Crippen molar-refractivity contribution in [3.8, 4) is 10.7 Å². The molecule has 0 N–H and O–H groups in total. The molecule has 3 aromatic rings. The van der Waals surface area contributed by atoms with Crippen LogP contribution in [0.2, 0.25) is 0 Å². The second kappa shape index (κ2) is 7.23. The van der Waals surface area contributed by atoms with E-state index in [4.69, 9.17) is 4.42 Å². The van der Waals surface area contributed by atoms with E-state index < -0.39 is 4.92 Å². The van der Waals surface area contributed by atoms with Gasteiger partial charge in [-0.2, -0.15) is 9.78 Å². The maximum absolute atomic E-state index is 10.6. The van der Waals surface area contributed by atoms with Gasteiger partial charge in [0.1, 0.15) is 10.7 Å². The number of hydrogen-bond acceptors (Lipinski definition) is 8. The largest absolute Gasteiger partial charge is 0.433 e. The summed E-state index contributed by atoms with van der Waals surface area (Å²) in [6, 6.07) is 6.71. The Hall–Kier alpha value is -2.72. The fourth-order valence-corrected chi connectivity index (χ4v) is 2.95. The van der Waals surface area contributed by atoms with Crippen LogP contribution in [-0.4, -0.2) is 32.3 Å². The Morgan fingerprint density at radius 3 is 2.96 bits per heavy atom. The minimum Gasteiger partial charge on any atom is -0.401 e. The predicted octanol–water partition coefficient (Wildman–Crippen LogP) is 3.78. The van der Waals surface area contributed by atoms with Crippen molar-refractivity contribution < 1.29 is 9.34 Å². The van der Waals surface area contributed by atoms with Gasteiger partial charge < -0.3 is 4.42 Å². The summed E-state index contributed by atoms with van der Waals surface area (Å²) in [6.45, 7) is 0. The average Bonchev–Trinajstić information content (AvgIpc) is 3.30. The van der Waals surface area contributed by atoms with E-state index in [0.717, 1.165) is 4.88 Å². The summed E-state index contributed by atoms with van der Waals surface area (Å²) in [5.41, 5.74) is 0. The Morgan fingerprint density at radius 2 is 2.29 bits per heavy atom. The van der Waals surface area contributed by atoms with E-state index in [1.165, 1.54) is 23.9 Å². The van der Waals surface area contributed by atoms with Crippen molar-refractivity contribution in [3.05, 3.63) is 51.6 Å². The Kier molecular flexibility index (Phi) is 4.87. The molecule has 3 rings (SSSR count). The van der Waals surface area contributed by atoms with Crippen LogP contribution in [0.5, 0.6) is 0 Å². The zero-order valence-electron chi connectivity index (χ0n) is 12.4. The van der Waals surface area contributed by atoms with E-state index in [-0.39, 0.29) is 5.88 Å². The minimum atomic E-state index is -0.583. The molecular formula is C14H11N5O3S2. The molecule has 0 saturated heterocycles. The molecule has 0 fully saturated rings. The Bertz CT molecular complexity index is 896. The molecular weight excluding hydrogens is 350 g/mol. The number of allylic oxidation sites excluding steroid dienone is 1. The van der Waals surface area contributed by atoms with Gasteiger partial charge in [0.05, 0.1) is 10.9 Å². The molecule has 0 spiro atoms. The summed E-state index contributed by atoms with van der Waals surface area (Å²) in [4.78, 5) is 10.9. The van der Waals surface area contributed by atoms with Gasteiger partial charge >= 0.3 is 5.88 Å². The fraction of sp³-hybridized carbons (Fsp3) is 0.0714. The molecule has 8 nitrogen and oxygen atoms in total. The number of nitro groups is 1. The van der Waals surface area contributed by atoms with Crippen molar-refractivity contribution in [2.45, 2.75) is 5.16 Å². The Morgan fingerprint density at radius 1 is 1.42 bits per heavy atom. The van der Waals surface area contributed by atoms with Gasteiger partial charge in [-0.3, -0.25) is 10.1 Å². The predicted molar refractivity (Wildman–Crippen MR) is 93.4 cm³/mol. The molecule has 0 radical (unpaired) electrons. The normalized spacial score (nSPS) is 11.7. The standard InChI is InChI=1S/C14H11N5O3S2/c1-23-14-17-16-13(11-5-3-9-24-11)18(14)15-8-2-4-10-6-7-12(22-10)19(20)21/h2-9H,1H3/b4-2+,15-8-. The summed E-state index contributed by atoms with van der Waals surface area (Å²) >= 11 is 2.99. The third-order valence-electron chi connectivity index (χ3n) is 2.86. The van der Waals surface area contributed by atoms with Crippen LogP contribution in [0.1, 0.15) is 5.76 Å². The van der Waals surface area contributed by atoms with Gasteiger partial charge in [0.2, 0.25) is 5.16 Å². The SMILES string of the molecule is CSc1nnc(-c2cccs2)n1/N=C\C=C\c1ccc([N+](=O)[O-])o1. The third-order valence-corrected chi connectivity index (χ3v) is 4.34. The van der Waals surface area contributed by atoms with Crippen LogP contribution in [0, 0.1) is 10.1 Å². The molecule has 0 bridgehead atoms. The molecule has 0 aromatic carbocycles. The molecule has 0 aliphatic heterocycles. The molecule has 0 saturated carbocycles. The third kappa shape index (κ3) is 3.44. The van der Waals surface area contributed by atoms with E-state index in [1.807, 2.05) is 23.8 Å². The van der Waals surface area contributed by atoms with E-state index in [0.29, 0.717) is 16.7 Å². The Labute approximate surface area is 144 Å². The molecule has 0 aliphatic rings.